The number of nitrogens with zero attached hydrogens (tertiary/aromatic N) is 8. The van der Waals surface area contributed by atoms with Crippen molar-refractivity contribution < 1.29 is 4.39 Å². The summed E-state index contributed by atoms with van der Waals surface area (Å²) in [6, 6.07) is 9.04. The van der Waals surface area contributed by atoms with Crippen LogP contribution in [0.5, 0.6) is 0 Å². The van der Waals surface area contributed by atoms with Crippen LogP contribution in [-0.2, 0) is 0 Å². The molecule has 1 unspecified atom stereocenters. The normalized spacial score (nSPS) is 18.3. The average molecular weight is 479 g/mol. The first-order valence-electron chi connectivity index (χ1n) is 11.3. The van der Waals surface area contributed by atoms with Gasteiger partial charge in [-0.3, -0.25) is 0 Å². The minimum atomic E-state index is -0.450. The summed E-state index contributed by atoms with van der Waals surface area (Å²) in [6.07, 6.45) is 5.30. The number of hydrogen-bond acceptors (Lipinski definition) is 8. The molecular formula is C24H24ClFN8. The molecule has 1 atom stereocenters. The summed E-state index contributed by atoms with van der Waals surface area (Å²) in [4.78, 5) is 24.9. The van der Waals surface area contributed by atoms with Crippen molar-refractivity contribution in [1.29, 1.82) is 5.26 Å². The van der Waals surface area contributed by atoms with E-state index in [9.17, 15) is 4.39 Å². The molecule has 174 valence electrons. The van der Waals surface area contributed by atoms with Crippen LogP contribution in [0.1, 0.15) is 25.3 Å². The highest BCUT2D eigenvalue weighted by Crippen LogP contribution is 2.31. The molecule has 0 bridgehead atoms. The lowest BCUT2D eigenvalue weighted by atomic mass is 10.1. The van der Waals surface area contributed by atoms with Gasteiger partial charge in [-0.25, -0.2) is 19.3 Å². The quantitative estimate of drug-likeness (QED) is 0.558. The van der Waals surface area contributed by atoms with E-state index in [1.165, 1.54) is 6.07 Å². The summed E-state index contributed by atoms with van der Waals surface area (Å²) in [5, 5.41) is 9.03. The smallest absolute Gasteiger partial charge is 0.228 e. The van der Waals surface area contributed by atoms with Crippen molar-refractivity contribution in [3.63, 3.8) is 0 Å². The lowest BCUT2D eigenvalue weighted by Gasteiger charge is -2.36. The van der Waals surface area contributed by atoms with Gasteiger partial charge < -0.3 is 14.7 Å². The van der Waals surface area contributed by atoms with E-state index in [1.807, 2.05) is 12.1 Å². The van der Waals surface area contributed by atoms with Gasteiger partial charge in [-0.2, -0.15) is 10.2 Å². The van der Waals surface area contributed by atoms with Gasteiger partial charge in [-0.15, -0.1) is 0 Å². The maximum Gasteiger partial charge on any atom is 0.228 e. The summed E-state index contributed by atoms with van der Waals surface area (Å²) in [5.74, 6) is 1.69. The molecule has 0 spiro atoms. The maximum absolute atomic E-state index is 13.8. The predicted molar refractivity (Wildman–Crippen MR) is 130 cm³/mol. The number of halogens is 2. The number of anilines is 3. The Hall–Kier alpha value is -3.51. The van der Waals surface area contributed by atoms with Crippen molar-refractivity contribution in [1.82, 2.24) is 19.9 Å². The van der Waals surface area contributed by atoms with E-state index in [-0.39, 0.29) is 5.02 Å². The van der Waals surface area contributed by atoms with Crippen molar-refractivity contribution in [2.75, 3.05) is 47.4 Å². The standard InChI is InChI=1S/C24H24ClFN8/c1-16-3-2-6-34(16)24-30-21(18-4-5-20(26)19(25)11-18)12-22(31-24)32-7-9-33(10-8-32)23-28-14-17(13-27)15-29-23/h4-5,11-12,14-16H,2-3,6-10H2,1H3. The molecule has 2 aliphatic heterocycles. The molecule has 5 rings (SSSR count). The molecule has 8 nitrogen and oxygen atoms in total. The molecule has 2 aromatic heterocycles. The molecular weight excluding hydrogens is 455 g/mol. The topological polar surface area (TPSA) is 85.1 Å². The van der Waals surface area contributed by atoms with Crippen molar-refractivity contribution >= 4 is 29.3 Å². The molecule has 2 fully saturated rings. The van der Waals surface area contributed by atoms with Crippen LogP contribution < -0.4 is 14.7 Å². The number of hydrogen-bond donors (Lipinski definition) is 0. The van der Waals surface area contributed by atoms with E-state index in [1.54, 1.807) is 24.5 Å². The first-order chi connectivity index (χ1) is 16.5. The number of benzene rings is 1. The first kappa shape index (κ1) is 22.3. The lowest BCUT2D eigenvalue weighted by molar-refractivity contribution is 0.628. The molecule has 4 heterocycles. The Bertz CT molecular complexity index is 1220. The molecule has 2 aliphatic rings. The maximum atomic E-state index is 13.8. The van der Waals surface area contributed by atoms with Crippen LogP contribution >= 0.6 is 11.6 Å². The monoisotopic (exact) mass is 478 g/mol. The molecule has 3 aromatic rings. The summed E-state index contributed by atoms with van der Waals surface area (Å²) >= 11 is 6.06. The highest BCUT2D eigenvalue weighted by molar-refractivity contribution is 6.31. The van der Waals surface area contributed by atoms with Crippen molar-refractivity contribution in [2.24, 2.45) is 0 Å². The molecule has 2 saturated heterocycles. The SMILES string of the molecule is CC1CCCN1c1nc(-c2ccc(F)c(Cl)c2)cc(N2CCN(c3ncc(C#N)cn3)CC2)n1. The largest absolute Gasteiger partial charge is 0.353 e. The van der Waals surface area contributed by atoms with Crippen LogP contribution in [0.25, 0.3) is 11.3 Å². The third-order valence-electron chi connectivity index (χ3n) is 6.38. The molecule has 0 aliphatic carbocycles. The van der Waals surface area contributed by atoms with Crippen LogP contribution in [0, 0.1) is 17.1 Å². The molecule has 0 N–H and O–H groups in total. The fraction of sp³-hybridized carbons (Fsp3) is 0.375. The van der Waals surface area contributed by atoms with Crippen molar-refractivity contribution in [2.45, 2.75) is 25.8 Å². The first-order valence-corrected chi connectivity index (χ1v) is 11.7. The number of nitriles is 1. The minimum absolute atomic E-state index is 0.0739. The third kappa shape index (κ3) is 4.46. The zero-order chi connectivity index (χ0) is 23.7. The Kier molecular flexibility index (Phi) is 6.16. The molecule has 1 aromatic carbocycles. The second-order valence-corrected chi connectivity index (χ2v) is 8.99. The van der Waals surface area contributed by atoms with Crippen molar-refractivity contribution in [3.8, 4) is 17.3 Å². The van der Waals surface area contributed by atoms with Crippen LogP contribution in [0.2, 0.25) is 5.02 Å². The van der Waals surface area contributed by atoms with Crippen LogP contribution in [0.4, 0.5) is 22.1 Å². The van der Waals surface area contributed by atoms with Gasteiger partial charge in [0.2, 0.25) is 11.9 Å². The molecule has 0 radical (unpaired) electrons. The number of aromatic nitrogens is 4. The second-order valence-electron chi connectivity index (χ2n) is 8.58. The molecule has 0 saturated carbocycles. The Labute approximate surface area is 202 Å². The number of rotatable bonds is 4. The van der Waals surface area contributed by atoms with E-state index in [0.717, 1.165) is 62.6 Å². The predicted octanol–water partition coefficient (Wildman–Crippen LogP) is 3.91. The third-order valence-corrected chi connectivity index (χ3v) is 6.67. The van der Waals surface area contributed by atoms with Gasteiger partial charge >= 0.3 is 0 Å². The highest BCUT2D eigenvalue weighted by atomic mass is 35.5. The van der Waals surface area contributed by atoms with Gasteiger partial charge in [-0.1, -0.05) is 11.6 Å². The minimum Gasteiger partial charge on any atom is -0.353 e. The van der Waals surface area contributed by atoms with Gasteiger partial charge in [0, 0.05) is 50.4 Å². The summed E-state index contributed by atoms with van der Waals surface area (Å²) in [6.45, 7) is 6.02. The van der Waals surface area contributed by atoms with Crippen molar-refractivity contribution in [3.05, 3.63) is 53.1 Å². The van der Waals surface area contributed by atoms with Crippen LogP contribution in [0.15, 0.2) is 36.7 Å². The van der Waals surface area contributed by atoms with E-state index in [4.69, 9.17) is 26.8 Å². The van der Waals surface area contributed by atoms with Gasteiger partial charge in [-0.05, 0) is 38.0 Å². The number of piperazine rings is 1. The second kappa shape index (κ2) is 9.39. The Morgan fingerprint density at radius 3 is 2.38 bits per heavy atom. The highest BCUT2D eigenvalue weighted by Gasteiger charge is 2.26. The van der Waals surface area contributed by atoms with E-state index < -0.39 is 5.82 Å². The van der Waals surface area contributed by atoms with Gasteiger partial charge in [0.15, 0.2) is 0 Å². The Balaban J connectivity index is 1.42. The van der Waals surface area contributed by atoms with Crippen LogP contribution in [0.3, 0.4) is 0 Å². The molecule has 10 heteroatoms. The van der Waals surface area contributed by atoms with Gasteiger partial charge in [0.05, 0.1) is 28.7 Å². The molecule has 34 heavy (non-hydrogen) atoms. The fourth-order valence-electron chi connectivity index (χ4n) is 4.42. The zero-order valence-electron chi connectivity index (χ0n) is 18.8. The van der Waals surface area contributed by atoms with Gasteiger partial charge in [0.1, 0.15) is 17.7 Å². The summed E-state index contributed by atoms with van der Waals surface area (Å²) < 4.78 is 13.8. The van der Waals surface area contributed by atoms with Crippen LogP contribution in [-0.4, -0.2) is 58.7 Å². The average Bonchev–Trinajstić information content (AvgIpc) is 3.31. The Morgan fingerprint density at radius 2 is 1.74 bits per heavy atom. The Morgan fingerprint density at radius 1 is 1.00 bits per heavy atom. The van der Waals surface area contributed by atoms with Gasteiger partial charge in [0.25, 0.3) is 0 Å². The summed E-state index contributed by atoms with van der Waals surface area (Å²) in [5.41, 5.74) is 1.92. The summed E-state index contributed by atoms with van der Waals surface area (Å²) in [7, 11) is 0. The van der Waals surface area contributed by atoms with E-state index >= 15 is 0 Å². The molecule has 0 amide bonds. The fourth-order valence-corrected chi connectivity index (χ4v) is 4.60. The van der Waals surface area contributed by atoms with E-state index in [0.29, 0.717) is 23.5 Å². The van der Waals surface area contributed by atoms with E-state index in [2.05, 4.69) is 31.6 Å². The lowest BCUT2D eigenvalue weighted by Crippen LogP contribution is -2.47. The zero-order valence-corrected chi connectivity index (χ0v) is 19.6.